The Morgan fingerprint density at radius 2 is 1.97 bits per heavy atom. The van der Waals surface area contributed by atoms with Crippen molar-refractivity contribution in [2.24, 2.45) is 5.92 Å². The second-order valence-corrected chi connectivity index (χ2v) is 10.2. The molecule has 0 spiro atoms. The molecule has 0 radical (unpaired) electrons. The summed E-state index contributed by atoms with van der Waals surface area (Å²) < 4.78 is 10.6. The average molecular weight is 494 g/mol. The predicted octanol–water partition coefficient (Wildman–Crippen LogP) is 5.23. The smallest absolute Gasteiger partial charge is 0.309 e. The van der Waals surface area contributed by atoms with E-state index in [4.69, 9.17) is 9.15 Å². The quantitative estimate of drug-likeness (QED) is 0.454. The molecule has 2 aliphatic rings. The number of rotatable bonds is 7. The number of anilines is 1. The topological polar surface area (TPSA) is 84.7 Å². The molecule has 1 aliphatic carbocycles. The van der Waals surface area contributed by atoms with Crippen molar-refractivity contribution in [3.05, 3.63) is 70.3 Å². The first-order valence-electron chi connectivity index (χ1n) is 12.5. The van der Waals surface area contributed by atoms with Gasteiger partial charge in [-0.2, -0.15) is 0 Å². The van der Waals surface area contributed by atoms with Crippen molar-refractivity contribution >= 4 is 28.2 Å². The van der Waals surface area contributed by atoms with Crippen LogP contribution in [0.1, 0.15) is 70.8 Å². The van der Waals surface area contributed by atoms with Gasteiger partial charge >= 0.3 is 5.97 Å². The number of hydrogen-bond acceptors (Lipinski definition) is 7. The highest BCUT2D eigenvalue weighted by Gasteiger charge is 2.35. The summed E-state index contributed by atoms with van der Waals surface area (Å²) in [6, 6.07) is 7.51. The normalized spacial score (nSPS) is 17.5. The van der Waals surface area contributed by atoms with Crippen LogP contribution in [0.3, 0.4) is 0 Å². The molecule has 0 bridgehead atoms. The Bertz CT molecular complexity index is 1150. The Kier molecular flexibility index (Phi) is 7.29. The van der Waals surface area contributed by atoms with Crippen molar-refractivity contribution < 1.29 is 18.7 Å². The van der Waals surface area contributed by atoms with Crippen molar-refractivity contribution in [1.82, 2.24) is 9.88 Å². The van der Waals surface area contributed by atoms with Gasteiger partial charge in [-0.3, -0.25) is 19.5 Å². The van der Waals surface area contributed by atoms with Crippen molar-refractivity contribution in [3.8, 4) is 0 Å². The number of likely N-dealkylation sites (tertiary alicyclic amines) is 1. The molecule has 8 heteroatoms. The summed E-state index contributed by atoms with van der Waals surface area (Å²) in [5, 5.41) is 4.07. The first-order chi connectivity index (χ1) is 17.2. The molecule has 7 nitrogen and oxygen atoms in total. The van der Waals surface area contributed by atoms with Crippen molar-refractivity contribution in [1.29, 1.82) is 0 Å². The molecule has 1 fully saturated rings. The van der Waals surface area contributed by atoms with Gasteiger partial charge in [0.1, 0.15) is 5.00 Å². The third-order valence-corrected chi connectivity index (χ3v) is 8.22. The van der Waals surface area contributed by atoms with E-state index >= 15 is 0 Å². The Hall–Kier alpha value is -2.97. The molecule has 1 aliphatic heterocycles. The van der Waals surface area contributed by atoms with E-state index in [-0.39, 0.29) is 23.8 Å². The second-order valence-electron chi connectivity index (χ2n) is 9.13. The maximum atomic E-state index is 13.0. The molecule has 0 aromatic carbocycles. The number of furan rings is 1. The number of hydrogen-bond donors (Lipinski definition) is 1. The van der Waals surface area contributed by atoms with Gasteiger partial charge in [-0.05, 0) is 93.9 Å². The van der Waals surface area contributed by atoms with Gasteiger partial charge in [-0.15, -0.1) is 11.3 Å². The highest BCUT2D eigenvalue weighted by molar-refractivity contribution is 7.16. The summed E-state index contributed by atoms with van der Waals surface area (Å²) in [4.78, 5) is 33.4. The molecule has 3 aromatic rings. The van der Waals surface area contributed by atoms with Gasteiger partial charge < -0.3 is 14.5 Å². The number of aromatic nitrogens is 1. The fourth-order valence-electron chi connectivity index (χ4n) is 5.30. The molecule has 1 unspecified atom stereocenters. The lowest BCUT2D eigenvalue weighted by atomic mass is 9.87. The number of fused-ring (bicyclic) bond motifs is 1. The van der Waals surface area contributed by atoms with Crippen molar-refractivity contribution in [2.45, 2.75) is 51.5 Å². The zero-order valence-electron chi connectivity index (χ0n) is 20.0. The number of thiophene rings is 1. The first kappa shape index (κ1) is 23.8. The number of carbonyl (C=O) groups is 2. The maximum Gasteiger partial charge on any atom is 0.309 e. The molecular formula is C27H31N3O4S. The van der Waals surface area contributed by atoms with Crippen LogP contribution in [0.15, 0.2) is 47.3 Å². The van der Waals surface area contributed by atoms with E-state index in [2.05, 4.69) is 27.3 Å². The average Bonchev–Trinajstić information content (AvgIpc) is 3.55. The van der Waals surface area contributed by atoms with E-state index in [0.717, 1.165) is 55.8 Å². The van der Waals surface area contributed by atoms with Crippen LogP contribution in [0.25, 0.3) is 0 Å². The van der Waals surface area contributed by atoms with Crippen LogP contribution in [0.2, 0.25) is 0 Å². The maximum absolute atomic E-state index is 13.0. The zero-order valence-corrected chi connectivity index (χ0v) is 20.8. The Morgan fingerprint density at radius 3 is 2.69 bits per heavy atom. The van der Waals surface area contributed by atoms with Crippen molar-refractivity contribution in [2.75, 3.05) is 25.0 Å². The Balaban J connectivity index is 1.51. The summed E-state index contributed by atoms with van der Waals surface area (Å²) in [6.07, 6.45) is 11.1. The van der Waals surface area contributed by atoms with E-state index < -0.39 is 0 Å². The SMILES string of the molecule is CCOC(=O)C1CCN(C(c2ccncc2)c2c(NC(=O)c3ccco3)sc3c2CCCC3)CC1. The van der Waals surface area contributed by atoms with Crippen LogP contribution in [0.5, 0.6) is 0 Å². The zero-order chi connectivity index (χ0) is 24.2. The van der Waals surface area contributed by atoms with E-state index in [1.165, 1.54) is 28.7 Å². The summed E-state index contributed by atoms with van der Waals surface area (Å²) in [5.41, 5.74) is 3.70. The fourth-order valence-corrected chi connectivity index (χ4v) is 6.62. The Morgan fingerprint density at radius 1 is 1.20 bits per heavy atom. The lowest BCUT2D eigenvalue weighted by molar-refractivity contribution is -0.149. The van der Waals surface area contributed by atoms with Gasteiger partial charge in [0.05, 0.1) is 24.8 Å². The predicted molar refractivity (Wildman–Crippen MR) is 135 cm³/mol. The number of pyridine rings is 1. The molecule has 1 atom stereocenters. The third-order valence-electron chi connectivity index (χ3n) is 6.99. The minimum Gasteiger partial charge on any atom is -0.466 e. The highest BCUT2D eigenvalue weighted by Crippen LogP contribution is 2.46. The molecule has 184 valence electrons. The summed E-state index contributed by atoms with van der Waals surface area (Å²) >= 11 is 1.70. The summed E-state index contributed by atoms with van der Waals surface area (Å²) in [7, 11) is 0. The lowest BCUT2D eigenvalue weighted by Crippen LogP contribution is -2.40. The Labute approximate surface area is 209 Å². The van der Waals surface area contributed by atoms with E-state index in [1.54, 1.807) is 23.5 Å². The highest BCUT2D eigenvalue weighted by atomic mass is 32.1. The van der Waals surface area contributed by atoms with Crippen LogP contribution in [0, 0.1) is 5.92 Å². The molecule has 4 heterocycles. The van der Waals surface area contributed by atoms with Crippen LogP contribution < -0.4 is 5.32 Å². The van der Waals surface area contributed by atoms with Gasteiger partial charge in [0.15, 0.2) is 5.76 Å². The monoisotopic (exact) mass is 493 g/mol. The number of piperidine rings is 1. The second kappa shape index (κ2) is 10.7. The van der Waals surface area contributed by atoms with Crippen LogP contribution in [-0.4, -0.2) is 41.5 Å². The number of nitrogens with zero attached hydrogens (tertiary/aromatic N) is 2. The largest absolute Gasteiger partial charge is 0.466 e. The fraction of sp³-hybridized carbons (Fsp3) is 0.444. The van der Waals surface area contributed by atoms with Gasteiger partial charge in [0, 0.05) is 22.8 Å². The van der Waals surface area contributed by atoms with Gasteiger partial charge in [0.25, 0.3) is 5.91 Å². The summed E-state index contributed by atoms with van der Waals surface area (Å²) in [5.74, 6) is -0.0758. The number of ether oxygens (including phenoxy) is 1. The molecule has 0 saturated carbocycles. The standard InChI is InChI=1S/C27H31N3O4S/c1-2-33-27(32)19-11-15-30(16-12-19)24(18-9-13-28-14-10-18)23-20-6-3-4-8-22(20)35-26(23)29-25(31)21-7-5-17-34-21/h5,7,9-10,13-14,17,19,24H,2-4,6,8,11-12,15-16H2,1H3,(H,29,31). The van der Waals surface area contributed by atoms with E-state index in [9.17, 15) is 9.59 Å². The first-order valence-corrected chi connectivity index (χ1v) is 13.3. The van der Waals surface area contributed by atoms with E-state index in [0.29, 0.717) is 12.4 Å². The van der Waals surface area contributed by atoms with Crippen LogP contribution >= 0.6 is 11.3 Å². The van der Waals surface area contributed by atoms with Gasteiger partial charge in [-0.25, -0.2) is 0 Å². The number of esters is 1. The molecule has 3 aromatic heterocycles. The van der Waals surface area contributed by atoms with Crippen LogP contribution in [-0.2, 0) is 22.4 Å². The van der Waals surface area contributed by atoms with Gasteiger partial charge in [0.2, 0.25) is 0 Å². The number of amides is 1. The lowest BCUT2D eigenvalue weighted by Gasteiger charge is -2.38. The minimum atomic E-state index is -0.232. The molecule has 5 rings (SSSR count). The summed E-state index contributed by atoms with van der Waals surface area (Å²) in [6.45, 7) is 3.84. The number of carbonyl (C=O) groups excluding carboxylic acids is 2. The molecule has 1 saturated heterocycles. The van der Waals surface area contributed by atoms with E-state index in [1.807, 2.05) is 19.3 Å². The van der Waals surface area contributed by atoms with Gasteiger partial charge in [-0.1, -0.05) is 0 Å². The van der Waals surface area contributed by atoms with Crippen molar-refractivity contribution in [3.63, 3.8) is 0 Å². The molecular weight excluding hydrogens is 462 g/mol. The molecule has 35 heavy (non-hydrogen) atoms. The van der Waals surface area contributed by atoms with Crippen LogP contribution in [0.4, 0.5) is 5.00 Å². The number of nitrogens with one attached hydrogen (secondary N) is 1. The molecule has 1 N–H and O–H groups in total. The minimum absolute atomic E-state index is 0.0221. The number of aryl methyl sites for hydroxylation is 1. The molecule has 1 amide bonds. The third kappa shape index (κ3) is 5.04.